The quantitative estimate of drug-likeness (QED) is 0.945. The van der Waals surface area contributed by atoms with E-state index >= 15 is 0 Å². The van der Waals surface area contributed by atoms with Gasteiger partial charge in [-0.15, -0.1) is 11.3 Å². The molecule has 1 aromatic heterocycles. The number of aromatic nitrogens is 1. The number of carbonyl (C=O) groups excluding carboxylic acids is 1. The summed E-state index contributed by atoms with van der Waals surface area (Å²) in [5, 5.41) is 2.95. The van der Waals surface area contributed by atoms with Crippen LogP contribution in [0.5, 0.6) is 0 Å². The summed E-state index contributed by atoms with van der Waals surface area (Å²) in [5.41, 5.74) is 2.72. The summed E-state index contributed by atoms with van der Waals surface area (Å²) in [5.74, 6) is -1.32. The van der Waals surface area contributed by atoms with Crippen LogP contribution in [-0.2, 0) is 0 Å². The average Bonchev–Trinajstić information content (AvgIpc) is 3.08. The Morgan fingerprint density at radius 1 is 1.45 bits per heavy atom. The van der Waals surface area contributed by atoms with Crippen LogP contribution in [0.4, 0.5) is 14.5 Å². The molecule has 0 saturated carbocycles. The number of thiazole rings is 1. The molecule has 0 spiro atoms. The van der Waals surface area contributed by atoms with Crippen molar-refractivity contribution in [2.24, 2.45) is 0 Å². The molecule has 22 heavy (non-hydrogen) atoms. The van der Waals surface area contributed by atoms with Gasteiger partial charge in [0, 0.05) is 25.2 Å². The number of nitrogens with zero attached hydrogens (tertiary/aromatic N) is 2. The van der Waals surface area contributed by atoms with Gasteiger partial charge in [0.15, 0.2) is 0 Å². The van der Waals surface area contributed by atoms with Gasteiger partial charge in [-0.3, -0.25) is 4.79 Å². The molecule has 7 heteroatoms. The second-order valence-electron chi connectivity index (χ2n) is 5.27. The summed E-state index contributed by atoms with van der Waals surface area (Å²) in [7, 11) is 0. The Bertz CT molecular complexity index is 704. The SMILES string of the molecule is Cc1ncsc1C(=O)N[C@H]1CCN(c2ccc(F)cc2F)C1. The molecule has 1 aromatic carbocycles. The lowest BCUT2D eigenvalue weighted by atomic mass is 10.2. The number of aryl methyl sites for hydroxylation is 1. The summed E-state index contributed by atoms with van der Waals surface area (Å²) in [6, 6.07) is 3.49. The Morgan fingerprint density at radius 2 is 2.27 bits per heavy atom. The molecule has 1 N–H and O–H groups in total. The molecule has 0 unspecified atom stereocenters. The predicted octanol–water partition coefficient (Wildman–Crippen LogP) is 2.74. The fourth-order valence-corrected chi connectivity index (χ4v) is 3.31. The number of hydrogen-bond donors (Lipinski definition) is 1. The van der Waals surface area contributed by atoms with Crippen molar-refractivity contribution >= 4 is 22.9 Å². The van der Waals surface area contributed by atoms with E-state index in [1.165, 1.54) is 23.5 Å². The summed E-state index contributed by atoms with van der Waals surface area (Å²) in [6.45, 7) is 2.92. The van der Waals surface area contributed by atoms with Crippen LogP contribution in [0, 0.1) is 18.6 Å². The Labute approximate surface area is 130 Å². The molecular formula is C15H15F2N3OS. The molecule has 0 aliphatic carbocycles. The van der Waals surface area contributed by atoms with Gasteiger partial charge in [-0.2, -0.15) is 0 Å². The van der Waals surface area contributed by atoms with Crippen LogP contribution in [0.2, 0.25) is 0 Å². The summed E-state index contributed by atoms with van der Waals surface area (Å²) >= 11 is 1.30. The Morgan fingerprint density at radius 3 is 2.95 bits per heavy atom. The van der Waals surface area contributed by atoms with Crippen LogP contribution in [0.15, 0.2) is 23.7 Å². The lowest BCUT2D eigenvalue weighted by molar-refractivity contribution is 0.0943. The zero-order valence-corrected chi connectivity index (χ0v) is 12.8. The van der Waals surface area contributed by atoms with Gasteiger partial charge < -0.3 is 10.2 Å². The number of anilines is 1. The van der Waals surface area contributed by atoms with Crippen molar-refractivity contribution in [1.82, 2.24) is 10.3 Å². The molecule has 1 aliphatic heterocycles. The third-order valence-electron chi connectivity index (χ3n) is 3.73. The first-order valence-corrected chi connectivity index (χ1v) is 7.83. The molecule has 1 aliphatic rings. The molecule has 116 valence electrons. The van der Waals surface area contributed by atoms with Crippen LogP contribution in [0.3, 0.4) is 0 Å². The highest BCUT2D eigenvalue weighted by molar-refractivity contribution is 7.11. The summed E-state index contributed by atoms with van der Waals surface area (Å²) < 4.78 is 26.8. The van der Waals surface area contributed by atoms with E-state index < -0.39 is 11.6 Å². The molecule has 2 heterocycles. The van der Waals surface area contributed by atoms with Crippen molar-refractivity contribution in [3.05, 3.63) is 45.9 Å². The zero-order valence-electron chi connectivity index (χ0n) is 12.0. The molecule has 1 saturated heterocycles. The van der Waals surface area contributed by atoms with E-state index in [1.54, 1.807) is 12.4 Å². The van der Waals surface area contributed by atoms with Gasteiger partial charge >= 0.3 is 0 Å². The van der Waals surface area contributed by atoms with E-state index in [-0.39, 0.29) is 11.9 Å². The Balaban J connectivity index is 1.65. The van der Waals surface area contributed by atoms with E-state index in [0.717, 1.165) is 12.5 Å². The van der Waals surface area contributed by atoms with E-state index in [4.69, 9.17) is 0 Å². The van der Waals surface area contributed by atoms with Gasteiger partial charge in [0.25, 0.3) is 5.91 Å². The fraction of sp³-hybridized carbons (Fsp3) is 0.333. The number of amides is 1. The Hall–Kier alpha value is -2.02. The number of benzene rings is 1. The third-order valence-corrected chi connectivity index (χ3v) is 4.65. The minimum atomic E-state index is -0.592. The molecule has 1 fully saturated rings. The molecule has 4 nitrogen and oxygen atoms in total. The lowest BCUT2D eigenvalue weighted by Crippen LogP contribution is -2.37. The van der Waals surface area contributed by atoms with E-state index in [9.17, 15) is 13.6 Å². The van der Waals surface area contributed by atoms with Crippen molar-refractivity contribution < 1.29 is 13.6 Å². The molecular weight excluding hydrogens is 308 g/mol. The van der Waals surface area contributed by atoms with Gasteiger partial charge in [-0.1, -0.05) is 0 Å². The number of rotatable bonds is 3. The standard InChI is InChI=1S/C15H15F2N3OS/c1-9-14(22-8-18-9)15(21)19-11-4-5-20(7-11)13-3-2-10(16)6-12(13)17/h2-3,6,8,11H,4-5,7H2,1H3,(H,19,21)/t11-/m0/s1. The smallest absolute Gasteiger partial charge is 0.263 e. The van der Waals surface area contributed by atoms with Gasteiger partial charge in [0.05, 0.1) is 16.9 Å². The maximum atomic E-state index is 13.8. The van der Waals surface area contributed by atoms with Crippen molar-refractivity contribution in [2.75, 3.05) is 18.0 Å². The second-order valence-corrected chi connectivity index (χ2v) is 6.12. The maximum Gasteiger partial charge on any atom is 0.263 e. The highest BCUT2D eigenvalue weighted by Gasteiger charge is 2.26. The first-order valence-electron chi connectivity index (χ1n) is 6.95. The topological polar surface area (TPSA) is 45.2 Å². The molecule has 0 radical (unpaired) electrons. The second kappa shape index (κ2) is 6.00. The van der Waals surface area contributed by atoms with Gasteiger partial charge in [-0.25, -0.2) is 13.8 Å². The molecule has 3 rings (SSSR count). The summed E-state index contributed by atoms with van der Waals surface area (Å²) in [4.78, 5) is 18.6. The third kappa shape index (κ3) is 2.94. The maximum absolute atomic E-state index is 13.8. The van der Waals surface area contributed by atoms with Gasteiger partial charge in [0.1, 0.15) is 16.5 Å². The number of carbonyl (C=O) groups is 1. The van der Waals surface area contributed by atoms with Crippen LogP contribution >= 0.6 is 11.3 Å². The number of halogens is 2. The van der Waals surface area contributed by atoms with Crippen LogP contribution in [0.25, 0.3) is 0 Å². The van der Waals surface area contributed by atoms with E-state index in [1.807, 2.05) is 4.90 Å². The van der Waals surface area contributed by atoms with Gasteiger partial charge in [-0.05, 0) is 25.5 Å². The molecule has 1 atom stereocenters. The van der Waals surface area contributed by atoms with Gasteiger partial charge in [0.2, 0.25) is 0 Å². The number of hydrogen-bond acceptors (Lipinski definition) is 4. The van der Waals surface area contributed by atoms with Crippen molar-refractivity contribution in [1.29, 1.82) is 0 Å². The van der Waals surface area contributed by atoms with Crippen LogP contribution in [0.1, 0.15) is 21.8 Å². The van der Waals surface area contributed by atoms with Crippen LogP contribution in [-0.4, -0.2) is 30.0 Å². The molecule has 2 aromatic rings. The highest BCUT2D eigenvalue weighted by atomic mass is 32.1. The van der Waals surface area contributed by atoms with Crippen LogP contribution < -0.4 is 10.2 Å². The fourth-order valence-electron chi connectivity index (χ4n) is 2.61. The molecule has 1 amide bonds. The minimum absolute atomic E-state index is 0.0570. The normalized spacial score (nSPS) is 17.8. The largest absolute Gasteiger partial charge is 0.367 e. The Kier molecular flexibility index (Phi) is 4.06. The monoisotopic (exact) mass is 323 g/mol. The zero-order chi connectivity index (χ0) is 15.7. The predicted molar refractivity (Wildman–Crippen MR) is 81.3 cm³/mol. The van der Waals surface area contributed by atoms with Crippen molar-refractivity contribution in [2.45, 2.75) is 19.4 Å². The highest BCUT2D eigenvalue weighted by Crippen LogP contribution is 2.24. The lowest BCUT2D eigenvalue weighted by Gasteiger charge is -2.19. The van der Waals surface area contributed by atoms with Crippen molar-refractivity contribution in [3.63, 3.8) is 0 Å². The molecule has 0 bridgehead atoms. The van der Waals surface area contributed by atoms with Crippen molar-refractivity contribution in [3.8, 4) is 0 Å². The first-order chi connectivity index (χ1) is 10.5. The van der Waals surface area contributed by atoms with E-state index in [2.05, 4.69) is 10.3 Å². The minimum Gasteiger partial charge on any atom is -0.367 e. The summed E-state index contributed by atoms with van der Waals surface area (Å²) in [6.07, 6.45) is 0.723. The number of nitrogens with one attached hydrogen (secondary N) is 1. The first kappa shape index (κ1) is 14.9. The van der Waals surface area contributed by atoms with E-state index in [0.29, 0.717) is 29.3 Å². The average molecular weight is 323 g/mol.